The predicted molar refractivity (Wildman–Crippen MR) is 282 cm³/mol. The summed E-state index contributed by atoms with van der Waals surface area (Å²) in [5, 5.41) is 12.7. The number of aromatic nitrogens is 3. The molecule has 0 atom stereocenters. The van der Waals surface area contributed by atoms with E-state index >= 15 is 0 Å². The molecule has 1 N–H and O–H groups in total. The Morgan fingerprint density at radius 1 is 0.588 bits per heavy atom. The summed E-state index contributed by atoms with van der Waals surface area (Å²) in [4.78, 5) is 10.5. The fraction of sp³-hybridized carbons (Fsp3) is 0.238. The van der Waals surface area contributed by atoms with Crippen molar-refractivity contribution in [2.75, 3.05) is 0 Å². The van der Waals surface area contributed by atoms with E-state index in [2.05, 4.69) is 140 Å². The maximum Gasteiger partial charge on any atom is 0.148 e. The van der Waals surface area contributed by atoms with Gasteiger partial charge in [-0.2, -0.15) is 0 Å². The van der Waals surface area contributed by atoms with Crippen LogP contribution >= 0.6 is 0 Å². The van der Waals surface area contributed by atoms with Gasteiger partial charge in [-0.1, -0.05) is 202 Å². The zero-order valence-electron chi connectivity index (χ0n) is 46.8. The number of nitrogens with zero attached hydrogens (tertiary/aromatic N) is 3. The van der Waals surface area contributed by atoms with Gasteiger partial charge in [-0.3, -0.25) is 9.55 Å². The molecule has 7 aromatic carbocycles. The second kappa shape index (κ2) is 18.6. The van der Waals surface area contributed by atoms with Crippen molar-refractivity contribution in [3.63, 3.8) is 0 Å². The average molecular weight is 1080 g/mol. The Kier molecular flexibility index (Phi) is 11.1. The molecule has 9 aromatic rings. The smallest absolute Gasteiger partial charge is 0.148 e. The van der Waals surface area contributed by atoms with Gasteiger partial charge < -0.3 is 5.11 Å². The van der Waals surface area contributed by atoms with Crippen LogP contribution in [0.3, 0.4) is 0 Å². The molecule has 0 bridgehead atoms. The molecule has 2 heterocycles. The number of imidazole rings is 1. The van der Waals surface area contributed by atoms with E-state index in [0.717, 1.165) is 66.8 Å². The molecule has 2 aromatic heterocycles. The van der Waals surface area contributed by atoms with Gasteiger partial charge in [-0.05, 0) is 91.4 Å². The van der Waals surface area contributed by atoms with E-state index in [1.807, 2.05) is 62.4 Å². The van der Waals surface area contributed by atoms with E-state index in [0.29, 0.717) is 33.7 Å². The molecule has 0 radical (unpaired) electrons. The first kappa shape index (κ1) is 40.7. The van der Waals surface area contributed by atoms with Crippen LogP contribution in [0.25, 0.3) is 83.9 Å². The minimum absolute atomic E-state index is 0. The number of benzene rings is 7. The van der Waals surface area contributed by atoms with E-state index in [-0.39, 0.29) is 55.3 Å². The summed E-state index contributed by atoms with van der Waals surface area (Å²) in [5.74, 6) is -0.276. The number of pyridine rings is 1. The van der Waals surface area contributed by atoms with E-state index in [4.69, 9.17) is 16.8 Å². The van der Waals surface area contributed by atoms with Crippen molar-refractivity contribution in [2.24, 2.45) is 0 Å². The summed E-state index contributed by atoms with van der Waals surface area (Å²) in [7, 11) is 0. The molecule has 0 fully saturated rings. The van der Waals surface area contributed by atoms with Gasteiger partial charge in [-0.25, -0.2) is 4.98 Å². The first-order chi connectivity index (χ1) is 34.2. The Bertz CT molecular complexity index is 3590. The average Bonchev–Trinajstić information content (AvgIpc) is 3.73. The molecule has 5 heteroatoms. The number of aromatic hydroxyl groups is 1. The van der Waals surface area contributed by atoms with Crippen LogP contribution in [0.1, 0.15) is 113 Å². The van der Waals surface area contributed by atoms with Gasteiger partial charge in [-0.15, -0.1) is 29.3 Å². The Morgan fingerprint density at radius 2 is 1.21 bits per heavy atom. The second-order valence-electron chi connectivity index (χ2n) is 20.9. The molecule has 0 aliphatic rings. The minimum atomic E-state index is -0.976. The molecule has 0 aliphatic carbocycles. The van der Waals surface area contributed by atoms with Crippen LogP contribution in [0.4, 0.5) is 0 Å². The number of phenols is 1. The second-order valence-corrected chi connectivity index (χ2v) is 20.9. The van der Waals surface area contributed by atoms with Crippen molar-refractivity contribution in [2.45, 2.75) is 98.3 Å². The Hall–Kier alpha value is -6.35. The first-order valence-corrected chi connectivity index (χ1v) is 23.1. The fourth-order valence-electron chi connectivity index (χ4n) is 8.86. The number of hydrogen-bond acceptors (Lipinski definition) is 3. The van der Waals surface area contributed by atoms with Crippen LogP contribution in [-0.4, -0.2) is 19.6 Å². The Balaban J connectivity index is 0.00000729. The molecule has 0 amide bonds. The van der Waals surface area contributed by atoms with Gasteiger partial charge in [0.25, 0.3) is 0 Å². The van der Waals surface area contributed by atoms with Crippen LogP contribution in [0.5, 0.6) is 5.75 Å². The summed E-state index contributed by atoms with van der Waals surface area (Å²) in [6.07, 6.45) is 1.60. The molecule has 68 heavy (non-hydrogen) atoms. The molecule has 0 saturated heterocycles. The van der Waals surface area contributed by atoms with E-state index < -0.39 is 29.4 Å². The molecule has 346 valence electrons. The van der Waals surface area contributed by atoms with Gasteiger partial charge >= 0.3 is 0 Å². The van der Waals surface area contributed by atoms with Crippen molar-refractivity contribution in [3.8, 4) is 78.6 Å². The molecule has 4 nitrogen and oxygen atoms in total. The summed E-state index contributed by atoms with van der Waals surface area (Å²) in [6, 6.07) is 44.7. The Labute approximate surface area is 426 Å². The summed E-state index contributed by atoms with van der Waals surface area (Å²) in [5.41, 5.74) is 12.6. The molecular formula is C63H62N3OPt-. The van der Waals surface area contributed by atoms with Crippen molar-refractivity contribution in [1.82, 2.24) is 14.5 Å². The van der Waals surface area contributed by atoms with Crippen molar-refractivity contribution >= 4 is 11.0 Å². The quantitative estimate of drug-likeness (QED) is 0.154. The number of para-hydroxylation sites is 1. The largest absolute Gasteiger partial charge is 0.507 e. The number of rotatable bonds is 8. The standard InChI is InChI=1S/C63H62N3O.Pt/c1-40(2)50-38-52(43-26-19-14-20-27-43)57(39-51(50)42-24-17-13-18-25-42)66-56-29-21-28-49(58(56)65-60(66)53-36-48(62(6,7)8)37-54(59(53)67)63(9,10)11)45-32-46(34-47(33-45)61(3,4)5)55-35-44(30-31-64-55)41-22-15-12-16-23-41;/h12-31,33-40,67H,1-11H3;/q-1;/i12D,15D,16D,22D,23D,40D;. The van der Waals surface area contributed by atoms with E-state index in [1.165, 1.54) is 0 Å². The Morgan fingerprint density at radius 3 is 1.82 bits per heavy atom. The number of hydrogen-bond donors (Lipinski definition) is 1. The maximum atomic E-state index is 12.7. The first-order valence-electron chi connectivity index (χ1n) is 26.1. The minimum Gasteiger partial charge on any atom is -0.507 e. The van der Waals surface area contributed by atoms with Crippen molar-refractivity contribution in [1.29, 1.82) is 0 Å². The third-order valence-corrected chi connectivity index (χ3v) is 12.6. The predicted octanol–water partition coefficient (Wildman–Crippen LogP) is 16.9. The van der Waals surface area contributed by atoms with Crippen LogP contribution in [0.2, 0.25) is 0 Å². The zero-order chi connectivity index (χ0) is 52.7. The third-order valence-electron chi connectivity index (χ3n) is 12.6. The summed E-state index contributed by atoms with van der Waals surface area (Å²) < 4.78 is 54.2. The monoisotopic (exact) mass is 1080 g/mol. The molecule has 0 spiro atoms. The molecule has 0 aliphatic heterocycles. The fourth-order valence-corrected chi connectivity index (χ4v) is 8.86. The third kappa shape index (κ3) is 9.41. The van der Waals surface area contributed by atoms with Crippen LogP contribution < -0.4 is 0 Å². The van der Waals surface area contributed by atoms with Gasteiger partial charge in [0.2, 0.25) is 0 Å². The molecule has 0 saturated carbocycles. The van der Waals surface area contributed by atoms with E-state index in [1.54, 1.807) is 18.3 Å². The van der Waals surface area contributed by atoms with Crippen LogP contribution in [0, 0.1) is 6.07 Å². The molecule has 0 unspecified atom stereocenters. The van der Waals surface area contributed by atoms with Crippen molar-refractivity contribution < 1.29 is 34.4 Å². The SMILES string of the molecule is [2H]c1c([2H])c([2H])c(-c2ccnc(-c3[c-]c(-c4cccc5c4nc(-c4cc(C(C)(C)C)cc(C(C)(C)C)c4O)n5-c4cc(-c5ccccc5)c(C([2H])(C)C)cc4-c4ccccc4)cc(C(C)(C)C)c3)c2)c([2H])c1[2H].[Pt]. The van der Waals surface area contributed by atoms with Gasteiger partial charge in [0.05, 0.1) is 29.1 Å². The summed E-state index contributed by atoms with van der Waals surface area (Å²) in [6.45, 7) is 23.2. The van der Waals surface area contributed by atoms with Gasteiger partial charge in [0.15, 0.2) is 0 Å². The molecule has 9 rings (SSSR count). The van der Waals surface area contributed by atoms with E-state index in [9.17, 15) is 6.48 Å². The molecular weight excluding hydrogens is 1010 g/mol. The zero-order valence-corrected chi connectivity index (χ0v) is 43.1. The number of phenolic OH excluding ortho intramolecular Hbond substituents is 1. The van der Waals surface area contributed by atoms with Gasteiger partial charge in [0.1, 0.15) is 11.6 Å². The van der Waals surface area contributed by atoms with Crippen LogP contribution in [0.15, 0.2) is 164 Å². The van der Waals surface area contributed by atoms with Gasteiger partial charge in [0, 0.05) is 45.5 Å². The van der Waals surface area contributed by atoms with Crippen LogP contribution in [-0.2, 0) is 37.3 Å². The normalized spacial score (nSPS) is 13.5. The summed E-state index contributed by atoms with van der Waals surface area (Å²) >= 11 is 0. The topological polar surface area (TPSA) is 50.9 Å². The van der Waals surface area contributed by atoms with Crippen molar-refractivity contribution in [3.05, 3.63) is 192 Å². The number of fused-ring (bicyclic) bond motifs is 1. The maximum absolute atomic E-state index is 12.7.